The number of benzene rings is 4. The van der Waals surface area contributed by atoms with Crippen LogP contribution < -0.4 is 20.1 Å². The van der Waals surface area contributed by atoms with Gasteiger partial charge in [-0.1, -0.05) is 41.9 Å². The number of aromatic nitrogens is 2. The molecule has 1 saturated carbocycles. The summed E-state index contributed by atoms with van der Waals surface area (Å²) in [7, 11) is 5.22. The van der Waals surface area contributed by atoms with Crippen molar-refractivity contribution in [1.82, 2.24) is 25.3 Å². The van der Waals surface area contributed by atoms with Gasteiger partial charge in [0, 0.05) is 72.2 Å². The molecule has 2 fully saturated rings. The molecule has 1 atom stereocenters. The first-order valence-electron chi connectivity index (χ1n) is 19.7. The molecule has 0 unspecified atom stereocenters. The molecular weight excluding hydrogens is 759 g/mol. The van der Waals surface area contributed by atoms with Crippen molar-refractivity contribution in [3.63, 3.8) is 0 Å². The Morgan fingerprint density at radius 3 is 2.48 bits per heavy atom. The Bertz CT molecular complexity index is 2370. The molecule has 1 aliphatic carbocycles. The van der Waals surface area contributed by atoms with E-state index in [0.717, 1.165) is 65.3 Å². The highest BCUT2D eigenvalue weighted by Gasteiger charge is 2.27. The van der Waals surface area contributed by atoms with Crippen molar-refractivity contribution < 1.29 is 28.6 Å². The number of aliphatic carboxylic acids is 1. The Morgan fingerprint density at radius 2 is 1.78 bits per heavy atom. The average molecular weight is 807 g/mol. The number of halogens is 2. The maximum atomic E-state index is 15.7. The highest BCUT2D eigenvalue weighted by Crippen LogP contribution is 2.41. The molecule has 2 heterocycles. The number of fused-ring (bicyclic) bond motifs is 1. The van der Waals surface area contributed by atoms with Gasteiger partial charge in [-0.3, -0.25) is 19.2 Å². The number of nitrogens with one attached hydrogen (secondary N) is 2. The molecule has 1 amide bonds. The van der Waals surface area contributed by atoms with Crippen LogP contribution in [0.2, 0.25) is 5.02 Å². The molecule has 1 aliphatic heterocycles. The van der Waals surface area contributed by atoms with Crippen molar-refractivity contribution >= 4 is 34.4 Å². The second-order valence-electron chi connectivity index (χ2n) is 15.4. The molecule has 0 radical (unpaired) electrons. The summed E-state index contributed by atoms with van der Waals surface area (Å²) < 4.78 is 29.1. The van der Waals surface area contributed by atoms with E-state index in [1.165, 1.54) is 13.2 Å². The molecule has 1 saturated heterocycles. The summed E-state index contributed by atoms with van der Waals surface area (Å²) >= 11 is 7.16. The van der Waals surface area contributed by atoms with E-state index < -0.39 is 11.8 Å². The van der Waals surface area contributed by atoms with Gasteiger partial charge in [-0.15, -0.1) is 0 Å². The minimum absolute atomic E-state index is 0.0262. The van der Waals surface area contributed by atoms with E-state index >= 15 is 4.39 Å². The smallest absolute Gasteiger partial charge is 0.303 e. The van der Waals surface area contributed by atoms with Crippen molar-refractivity contribution in [2.75, 3.05) is 27.8 Å². The number of amides is 1. The van der Waals surface area contributed by atoms with Gasteiger partial charge in [0.2, 0.25) is 5.91 Å². The summed E-state index contributed by atoms with van der Waals surface area (Å²) in [6.45, 7) is 1.71. The number of ether oxygens (including phenoxy) is 2. The molecule has 2 aliphatic rings. The molecule has 302 valence electrons. The highest BCUT2D eigenvalue weighted by atomic mass is 35.5. The van der Waals surface area contributed by atoms with E-state index in [1.54, 1.807) is 19.4 Å². The van der Waals surface area contributed by atoms with E-state index in [1.807, 2.05) is 53.2 Å². The second kappa shape index (κ2) is 18.0. The molecule has 13 heteroatoms. The molecule has 11 nitrogen and oxygen atoms in total. The molecule has 0 spiro atoms. The molecular formula is C45H48ClFN6O5. The monoisotopic (exact) mass is 806 g/mol. The summed E-state index contributed by atoms with van der Waals surface area (Å²) in [5.41, 5.74) is 6.32. The van der Waals surface area contributed by atoms with Gasteiger partial charge in [0.05, 0.1) is 49.1 Å². The first-order valence-corrected chi connectivity index (χ1v) is 20.1. The first kappa shape index (κ1) is 40.7. The van der Waals surface area contributed by atoms with Crippen molar-refractivity contribution in [1.29, 1.82) is 5.26 Å². The molecule has 1 aromatic heterocycles. The lowest BCUT2D eigenvalue weighted by atomic mass is 9.83. The SMILES string of the molecule is COc1cc(Cn2ncc3c(-c4cccc(-c5cc(F)c(CNC[C@@H]6CCC(=O)N6)c(OC)c5)c4Cl)cccc32)c(C#N)cc1CN(C)C1CCC(CC(=O)O)CC1. The van der Waals surface area contributed by atoms with Gasteiger partial charge in [-0.2, -0.15) is 10.4 Å². The predicted molar refractivity (Wildman–Crippen MR) is 221 cm³/mol. The number of nitriles is 1. The zero-order valence-electron chi connectivity index (χ0n) is 33.0. The van der Waals surface area contributed by atoms with Crippen molar-refractivity contribution in [3.8, 4) is 39.8 Å². The normalized spacial score (nSPS) is 18.0. The maximum absolute atomic E-state index is 15.7. The van der Waals surface area contributed by atoms with E-state index in [-0.39, 0.29) is 30.8 Å². The van der Waals surface area contributed by atoms with Crippen molar-refractivity contribution in [3.05, 3.63) is 100.0 Å². The Labute approximate surface area is 342 Å². The fourth-order valence-electron chi connectivity index (χ4n) is 8.56. The van der Waals surface area contributed by atoms with E-state index in [9.17, 15) is 20.0 Å². The lowest BCUT2D eigenvalue weighted by molar-refractivity contribution is -0.138. The third kappa shape index (κ3) is 8.82. The minimum Gasteiger partial charge on any atom is -0.496 e. The van der Waals surface area contributed by atoms with Crippen LogP contribution in [0.5, 0.6) is 11.5 Å². The predicted octanol–water partition coefficient (Wildman–Crippen LogP) is 7.93. The van der Waals surface area contributed by atoms with Crippen LogP contribution in [0.3, 0.4) is 0 Å². The van der Waals surface area contributed by atoms with Gasteiger partial charge < -0.3 is 25.2 Å². The van der Waals surface area contributed by atoms with E-state index in [4.69, 9.17) is 26.2 Å². The zero-order valence-corrected chi connectivity index (χ0v) is 33.7. The van der Waals surface area contributed by atoms with E-state index in [0.29, 0.717) is 70.9 Å². The number of hydrogen-bond acceptors (Lipinski definition) is 8. The van der Waals surface area contributed by atoms with Gasteiger partial charge in [0.1, 0.15) is 17.3 Å². The summed E-state index contributed by atoms with van der Waals surface area (Å²) in [6.07, 6.45) is 6.94. The number of carbonyl (C=O) groups excluding carboxylic acids is 1. The maximum Gasteiger partial charge on any atom is 0.303 e. The van der Waals surface area contributed by atoms with E-state index in [2.05, 4.69) is 28.7 Å². The molecule has 7 rings (SSSR count). The number of rotatable bonds is 15. The number of carboxylic acid groups (broad SMARTS) is 1. The van der Waals surface area contributed by atoms with Crippen LogP contribution in [0, 0.1) is 23.1 Å². The standard InChI is InChI=1S/C45H48ClFN6O5/c1-52(33-13-10-27(11-14-33)16-44(55)56)25-31-17-29(21-48)30(20-41(31)57-2)26-53-40-9-5-7-35(37(40)24-50-53)36-8-4-6-34(45(36)46)28-18-39(47)38(42(19-28)58-3)23-49-22-32-12-15-43(54)51-32/h4-9,17-20,24,27,32-33,49H,10-16,22-23,25-26H2,1-3H3,(H,51,54)(H,55,56)/t27?,32-,33?/m0/s1. The topological polar surface area (TPSA) is 142 Å². The van der Waals surface area contributed by atoms with Crippen LogP contribution in [-0.4, -0.2) is 71.6 Å². The van der Waals surface area contributed by atoms with Gasteiger partial charge in [-0.05, 0) is 92.1 Å². The largest absolute Gasteiger partial charge is 0.496 e. The van der Waals surface area contributed by atoms with Gasteiger partial charge in [0.25, 0.3) is 0 Å². The molecule has 58 heavy (non-hydrogen) atoms. The lowest BCUT2D eigenvalue weighted by Crippen LogP contribution is -2.35. The molecule has 4 aromatic carbocycles. The van der Waals surface area contributed by atoms with Crippen LogP contribution in [-0.2, 0) is 29.2 Å². The van der Waals surface area contributed by atoms with Crippen molar-refractivity contribution in [2.24, 2.45) is 5.92 Å². The Hall–Kier alpha value is -5.48. The third-order valence-electron chi connectivity index (χ3n) is 11.7. The van der Waals surface area contributed by atoms with Crippen molar-refractivity contribution in [2.45, 2.75) is 76.7 Å². The highest BCUT2D eigenvalue weighted by molar-refractivity contribution is 6.36. The van der Waals surface area contributed by atoms with Gasteiger partial charge >= 0.3 is 5.97 Å². The molecule has 3 N–H and O–H groups in total. The average Bonchev–Trinajstić information content (AvgIpc) is 3.84. The summed E-state index contributed by atoms with van der Waals surface area (Å²) in [5.74, 6) is 0.192. The van der Waals surface area contributed by atoms with Crippen LogP contribution in [0.4, 0.5) is 4.39 Å². The zero-order chi connectivity index (χ0) is 40.9. The Balaban J connectivity index is 1.11. The number of methoxy groups -OCH3 is 2. The van der Waals surface area contributed by atoms with Crippen LogP contribution in [0.15, 0.2) is 66.9 Å². The fourth-order valence-corrected chi connectivity index (χ4v) is 8.90. The number of hydrogen-bond donors (Lipinski definition) is 3. The van der Waals surface area contributed by atoms with Crippen LogP contribution in [0.1, 0.15) is 67.2 Å². The minimum atomic E-state index is -0.735. The summed E-state index contributed by atoms with van der Waals surface area (Å²) in [4.78, 5) is 25.0. The van der Waals surface area contributed by atoms with Gasteiger partial charge in [-0.25, -0.2) is 4.39 Å². The fraction of sp³-hybridized carbons (Fsp3) is 0.378. The number of carboxylic acids is 1. The van der Waals surface area contributed by atoms with Crippen LogP contribution >= 0.6 is 11.6 Å². The summed E-state index contributed by atoms with van der Waals surface area (Å²) in [5, 5.41) is 31.7. The lowest BCUT2D eigenvalue weighted by Gasteiger charge is -2.34. The molecule has 5 aromatic rings. The quantitative estimate of drug-likeness (QED) is 0.0962. The number of nitrogens with zero attached hydrogens (tertiary/aromatic N) is 4. The second-order valence-corrected chi connectivity index (χ2v) is 15.8. The number of carbonyl (C=O) groups is 2. The van der Waals surface area contributed by atoms with Gasteiger partial charge in [0.15, 0.2) is 0 Å². The Kier molecular flexibility index (Phi) is 12.6. The Morgan fingerprint density at radius 1 is 1.03 bits per heavy atom. The third-order valence-corrected chi connectivity index (χ3v) is 12.1. The summed E-state index contributed by atoms with van der Waals surface area (Å²) in [6, 6.07) is 21.4. The first-order chi connectivity index (χ1) is 28.1. The molecule has 0 bridgehead atoms. The van der Waals surface area contributed by atoms with Crippen LogP contribution in [0.25, 0.3) is 33.2 Å².